The number of alkyl halides is 3. The van der Waals surface area contributed by atoms with Crippen molar-refractivity contribution in [3.8, 4) is 5.75 Å². The Morgan fingerprint density at radius 2 is 1.92 bits per heavy atom. The van der Waals surface area contributed by atoms with Gasteiger partial charge in [0.05, 0.1) is 5.56 Å². The van der Waals surface area contributed by atoms with Gasteiger partial charge in [0.1, 0.15) is 18.5 Å². The van der Waals surface area contributed by atoms with Gasteiger partial charge in [0.25, 0.3) is 0 Å². The number of hydrogen-bond acceptors (Lipinski definition) is 4. The van der Waals surface area contributed by atoms with E-state index in [-0.39, 0.29) is 37.5 Å². The summed E-state index contributed by atoms with van der Waals surface area (Å²) in [5, 5.41) is 22.8. The first-order chi connectivity index (χ1) is 11.9. The van der Waals surface area contributed by atoms with Gasteiger partial charge in [0.2, 0.25) is 0 Å². The maximum absolute atomic E-state index is 12.9. The Bertz CT molecular complexity index is 581. The van der Waals surface area contributed by atoms with Crippen molar-refractivity contribution in [2.45, 2.75) is 37.6 Å². The van der Waals surface area contributed by atoms with Gasteiger partial charge in [0, 0.05) is 25.1 Å². The minimum Gasteiger partial charge on any atom is -0.490 e. The van der Waals surface area contributed by atoms with E-state index in [1.165, 1.54) is 24.6 Å². The lowest BCUT2D eigenvalue weighted by Crippen LogP contribution is -2.59. The molecule has 25 heavy (non-hydrogen) atoms. The van der Waals surface area contributed by atoms with Gasteiger partial charge in [-0.1, -0.05) is 18.6 Å². The lowest BCUT2D eigenvalue weighted by atomic mass is 9.62. The summed E-state index contributed by atoms with van der Waals surface area (Å²) in [6.45, 7) is 0.146. The maximum atomic E-state index is 12.9. The van der Waals surface area contributed by atoms with E-state index in [4.69, 9.17) is 4.74 Å². The predicted molar refractivity (Wildman–Crippen MR) is 86.1 cm³/mol. The van der Waals surface area contributed by atoms with E-state index in [2.05, 4.69) is 5.32 Å². The van der Waals surface area contributed by atoms with Crippen LogP contribution < -0.4 is 10.1 Å². The van der Waals surface area contributed by atoms with Crippen LogP contribution >= 0.6 is 0 Å². The van der Waals surface area contributed by atoms with Crippen LogP contribution in [0.15, 0.2) is 24.3 Å². The number of hydrogen-bond donors (Lipinski definition) is 3. The normalized spacial score (nSPS) is 29.8. The summed E-state index contributed by atoms with van der Waals surface area (Å²) in [7, 11) is 0. The van der Waals surface area contributed by atoms with Crippen molar-refractivity contribution < 1.29 is 28.1 Å². The summed E-state index contributed by atoms with van der Waals surface area (Å²) in [6.07, 6.45) is -1.96. The molecule has 1 aromatic rings. The van der Waals surface area contributed by atoms with E-state index in [1.54, 1.807) is 0 Å². The molecule has 4 nitrogen and oxygen atoms in total. The Kier molecular flexibility index (Phi) is 5.55. The number of fused-ring (bicyclic) bond motifs is 1. The van der Waals surface area contributed by atoms with E-state index in [9.17, 15) is 23.4 Å². The standard InChI is InChI=1S/C18H24F3NO3/c19-18(20,21)15-6-1-2-7-16(15)25-10-11(24)8-22-17-13-5-3-4-12(13)14(17)9-23/h1-2,6-7,11-14,17,22-24H,3-5,8-10H2/t11?,12-,13+,14-,17-/m0/s1. The van der Waals surface area contributed by atoms with Crippen molar-refractivity contribution in [1.82, 2.24) is 5.32 Å². The van der Waals surface area contributed by atoms with Gasteiger partial charge >= 0.3 is 6.18 Å². The number of para-hydroxylation sites is 1. The van der Waals surface area contributed by atoms with Crippen LogP contribution in [0.5, 0.6) is 5.75 Å². The molecule has 2 saturated carbocycles. The second kappa shape index (κ2) is 7.51. The third-order valence-corrected chi connectivity index (χ3v) is 5.52. The van der Waals surface area contributed by atoms with Crippen LogP contribution in [-0.2, 0) is 6.18 Å². The number of benzene rings is 1. The molecular formula is C18H24F3NO3. The van der Waals surface area contributed by atoms with Crippen molar-refractivity contribution in [3.63, 3.8) is 0 Å². The molecule has 0 spiro atoms. The Labute approximate surface area is 145 Å². The predicted octanol–water partition coefficient (Wildman–Crippen LogP) is 2.44. The summed E-state index contributed by atoms with van der Waals surface area (Å²) in [5.41, 5.74) is -0.844. The van der Waals surface area contributed by atoms with Gasteiger partial charge in [-0.05, 0) is 36.8 Å². The van der Waals surface area contributed by atoms with Crippen LogP contribution in [0.25, 0.3) is 0 Å². The second-order valence-corrected chi connectivity index (χ2v) is 7.00. The molecule has 0 saturated heterocycles. The van der Waals surface area contributed by atoms with Crippen LogP contribution in [0, 0.1) is 17.8 Å². The molecule has 2 fully saturated rings. The number of ether oxygens (including phenoxy) is 1. The highest BCUT2D eigenvalue weighted by molar-refractivity contribution is 5.35. The first-order valence-corrected chi connectivity index (χ1v) is 8.73. The number of aliphatic hydroxyl groups is 2. The topological polar surface area (TPSA) is 61.7 Å². The average Bonchev–Trinajstić information content (AvgIpc) is 2.97. The fourth-order valence-corrected chi connectivity index (χ4v) is 4.33. The Morgan fingerprint density at radius 3 is 2.64 bits per heavy atom. The SMILES string of the molecule is OC[C@H]1[C@H]2CCC[C@H]2[C@@H]1NCC(O)COc1ccccc1C(F)(F)F. The highest BCUT2D eigenvalue weighted by Crippen LogP contribution is 2.50. The molecule has 0 heterocycles. The van der Waals surface area contributed by atoms with Crippen molar-refractivity contribution in [3.05, 3.63) is 29.8 Å². The third kappa shape index (κ3) is 3.93. The molecule has 5 atom stereocenters. The van der Waals surface area contributed by atoms with Gasteiger partial charge in [0.15, 0.2) is 0 Å². The third-order valence-electron chi connectivity index (χ3n) is 5.52. The minimum atomic E-state index is -4.49. The van der Waals surface area contributed by atoms with Crippen molar-refractivity contribution in [1.29, 1.82) is 0 Å². The number of rotatable bonds is 7. The molecule has 0 amide bonds. The molecule has 0 aliphatic heterocycles. The number of halogens is 3. The van der Waals surface area contributed by atoms with Gasteiger partial charge in [-0.15, -0.1) is 0 Å². The summed E-state index contributed by atoms with van der Waals surface area (Å²) in [5.74, 6) is 1.04. The second-order valence-electron chi connectivity index (χ2n) is 7.00. The zero-order valence-corrected chi connectivity index (χ0v) is 13.9. The monoisotopic (exact) mass is 359 g/mol. The van der Waals surface area contributed by atoms with Crippen molar-refractivity contribution >= 4 is 0 Å². The van der Waals surface area contributed by atoms with Crippen LogP contribution in [0.3, 0.4) is 0 Å². The lowest BCUT2D eigenvalue weighted by Gasteiger charge is -2.49. The molecule has 0 aromatic heterocycles. The fraction of sp³-hybridized carbons (Fsp3) is 0.667. The summed E-state index contributed by atoms with van der Waals surface area (Å²) in [4.78, 5) is 0. The lowest BCUT2D eigenvalue weighted by molar-refractivity contribution is -0.139. The molecule has 0 radical (unpaired) electrons. The highest BCUT2D eigenvalue weighted by Gasteiger charge is 2.51. The van der Waals surface area contributed by atoms with Crippen molar-refractivity contribution in [2.24, 2.45) is 17.8 Å². The van der Waals surface area contributed by atoms with E-state index in [0.29, 0.717) is 11.8 Å². The quantitative estimate of drug-likeness (QED) is 0.700. The zero-order valence-electron chi connectivity index (χ0n) is 13.9. The number of nitrogens with one attached hydrogen (secondary N) is 1. The van der Waals surface area contributed by atoms with E-state index in [1.807, 2.05) is 0 Å². The van der Waals surface area contributed by atoms with Gasteiger partial charge in [-0.2, -0.15) is 13.2 Å². The molecular weight excluding hydrogens is 335 g/mol. The molecule has 2 aliphatic carbocycles. The minimum absolute atomic E-state index is 0.129. The largest absolute Gasteiger partial charge is 0.490 e. The molecule has 3 N–H and O–H groups in total. The molecule has 7 heteroatoms. The Hall–Kier alpha value is -1.31. The average molecular weight is 359 g/mol. The highest BCUT2D eigenvalue weighted by atomic mass is 19.4. The van der Waals surface area contributed by atoms with Crippen LogP contribution in [0.1, 0.15) is 24.8 Å². The summed E-state index contributed by atoms with van der Waals surface area (Å²) >= 11 is 0. The summed E-state index contributed by atoms with van der Waals surface area (Å²) < 4.78 is 43.9. The molecule has 3 rings (SSSR count). The summed E-state index contributed by atoms with van der Waals surface area (Å²) in [6, 6.07) is 5.15. The zero-order chi connectivity index (χ0) is 18.0. The smallest absolute Gasteiger partial charge is 0.419 e. The van der Waals surface area contributed by atoms with E-state index in [0.717, 1.165) is 18.9 Å². The molecule has 2 aliphatic rings. The van der Waals surface area contributed by atoms with E-state index >= 15 is 0 Å². The Balaban J connectivity index is 1.48. The number of aliphatic hydroxyl groups excluding tert-OH is 2. The first kappa shape index (κ1) is 18.5. The molecule has 1 aromatic carbocycles. The van der Waals surface area contributed by atoms with Gasteiger partial charge in [-0.25, -0.2) is 0 Å². The van der Waals surface area contributed by atoms with Crippen molar-refractivity contribution in [2.75, 3.05) is 19.8 Å². The van der Waals surface area contributed by atoms with Gasteiger partial charge < -0.3 is 20.3 Å². The van der Waals surface area contributed by atoms with Crippen LogP contribution in [0.4, 0.5) is 13.2 Å². The fourth-order valence-electron chi connectivity index (χ4n) is 4.33. The van der Waals surface area contributed by atoms with Gasteiger partial charge in [-0.3, -0.25) is 0 Å². The molecule has 1 unspecified atom stereocenters. The maximum Gasteiger partial charge on any atom is 0.419 e. The Morgan fingerprint density at radius 1 is 1.20 bits per heavy atom. The van der Waals surface area contributed by atoms with Crippen LogP contribution in [0.2, 0.25) is 0 Å². The molecule has 140 valence electrons. The first-order valence-electron chi connectivity index (χ1n) is 8.73. The van der Waals surface area contributed by atoms with E-state index < -0.39 is 17.8 Å². The molecule has 0 bridgehead atoms. The van der Waals surface area contributed by atoms with Crippen LogP contribution in [-0.4, -0.2) is 42.1 Å².